The van der Waals surface area contributed by atoms with Crippen molar-refractivity contribution in [2.45, 2.75) is 63.4 Å². The first-order chi connectivity index (χ1) is 9.92. The number of hydrogen-bond donors (Lipinski definition) is 0. The van der Waals surface area contributed by atoms with E-state index in [1.165, 1.54) is 0 Å². The van der Waals surface area contributed by atoms with Crippen LogP contribution in [-0.2, 0) is 37.2 Å². The Kier molecular flexibility index (Phi) is 3.83. The van der Waals surface area contributed by atoms with E-state index < -0.39 is 45.0 Å². The molecule has 0 saturated carbocycles. The minimum Gasteiger partial charge on any atom is -0.345 e. The summed E-state index contributed by atoms with van der Waals surface area (Å²) in [7, 11) is 0.983. The summed E-state index contributed by atoms with van der Waals surface area (Å²) >= 11 is 0. The molecule has 3 heterocycles. The first-order valence-corrected chi connectivity index (χ1v) is 9.12. The Hall–Kier alpha value is -0.0000000000000000763. The molecular weight excluding hydrogens is 340 g/mol. The number of halogens is 1. The summed E-state index contributed by atoms with van der Waals surface area (Å²) in [4.78, 5) is 0. The molecule has 8 nitrogen and oxygen atoms in total. The average Bonchev–Trinajstić information content (AvgIpc) is 2.79. The standard InChI is InChI=1S/C12H19ClO8S/c1-10(2)17-6-12(21-10)9(20-22(13,14)15)8-7(5-16-12)18-11(3,4)19-8/h7-9H,5-6H2,1-4H3/t7-,8-,9+,12+/m1/s1. The lowest BCUT2D eigenvalue weighted by atomic mass is 9.97. The van der Waals surface area contributed by atoms with Crippen LogP contribution in [0.3, 0.4) is 0 Å². The lowest BCUT2D eigenvalue weighted by molar-refractivity contribution is -0.320. The van der Waals surface area contributed by atoms with Crippen LogP contribution in [0.1, 0.15) is 27.7 Å². The first-order valence-electron chi connectivity index (χ1n) is 6.88. The highest BCUT2D eigenvalue weighted by Gasteiger charge is 2.64. The van der Waals surface area contributed by atoms with Crippen LogP contribution < -0.4 is 0 Å². The van der Waals surface area contributed by atoms with Crippen LogP contribution in [0.2, 0.25) is 0 Å². The summed E-state index contributed by atoms with van der Waals surface area (Å²) in [6, 6.07) is 0. The van der Waals surface area contributed by atoms with Crippen LogP contribution in [-0.4, -0.2) is 57.3 Å². The van der Waals surface area contributed by atoms with Gasteiger partial charge in [-0.05, 0) is 27.7 Å². The van der Waals surface area contributed by atoms with Crippen LogP contribution in [0.25, 0.3) is 0 Å². The van der Waals surface area contributed by atoms with Gasteiger partial charge in [0.2, 0.25) is 5.79 Å². The number of ether oxygens (including phenoxy) is 5. The van der Waals surface area contributed by atoms with Crippen molar-refractivity contribution in [2.75, 3.05) is 13.2 Å². The average molecular weight is 359 g/mol. The van der Waals surface area contributed by atoms with E-state index in [-0.39, 0.29) is 13.2 Å². The maximum Gasteiger partial charge on any atom is 0.356 e. The zero-order valence-electron chi connectivity index (χ0n) is 12.7. The molecule has 0 aromatic carbocycles. The van der Waals surface area contributed by atoms with Crippen LogP contribution in [0.4, 0.5) is 0 Å². The second kappa shape index (κ2) is 5.00. The quantitative estimate of drug-likeness (QED) is 0.672. The Labute approximate surface area is 133 Å². The van der Waals surface area contributed by atoms with E-state index in [0.29, 0.717) is 0 Å². The van der Waals surface area contributed by atoms with Gasteiger partial charge in [-0.15, -0.1) is 0 Å². The lowest BCUT2D eigenvalue weighted by Crippen LogP contribution is -2.63. The van der Waals surface area contributed by atoms with Gasteiger partial charge in [0.15, 0.2) is 17.7 Å². The van der Waals surface area contributed by atoms with Crippen molar-refractivity contribution in [3.8, 4) is 0 Å². The van der Waals surface area contributed by atoms with Crippen LogP contribution in [0, 0.1) is 0 Å². The molecule has 10 heteroatoms. The Morgan fingerprint density at radius 1 is 1.09 bits per heavy atom. The number of fused-ring (bicyclic) bond motifs is 1. The summed E-state index contributed by atoms with van der Waals surface area (Å²) in [6.45, 7) is 6.99. The largest absolute Gasteiger partial charge is 0.356 e. The summed E-state index contributed by atoms with van der Waals surface area (Å²) in [5, 5.41) is 0. The Bertz CT molecular complexity index is 559. The molecule has 4 atom stereocenters. The number of rotatable bonds is 2. The highest BCUT2D eigenvalue weighted by atomic mass is 35.7. The molecule has 0 N–H and O–H groups in total. The summed E-state index contributed by atoms with van der Waals surface area (Å²) in [6.07, 6.45) is -2.34. The third-order valence-electron chi connectivity index (χ3n) is 3.70. The van der Waals surface area contributed by atoms with Gasteiger partial charge in [-0.2, -0.15) is 8.42 Å². The van der Waals surface area contributed by atoms with E-state index in [0.717, 1.165) is 0 Å². The van der Waals surface area contributed by atoms with Crippen LogP contribution in [0.15, 0.2) is 0 Å². The second-order valence-electron chi connectivity index (χ2n) is 6.46. The van der Waals surface area contributed by atoms with Gasteiger partial charge in [-0.1, -0.05) is 0 Å². The van der Waals surface area contributed by atoms with Crippen LogP contribution in [0.5, 0.6) is 0 Å². The molecule has 0 bridgehead atoms. The molecule has 128 valence electrons. The first kappa shape index (κ1) is 16.8. The summed E-state index contributed by atoms with van der Waals surface area (Å²) in [5.74, 6) is -3.26. The fraction of sp³-hybridized carbons (Fsp3) is 1.00. The smallest absolute Gasteiger partial charge is 0.345 e. The Morgan fingerprint density at radius 3 is 2.32 bits per heavy atom. The highest BCUT2D eigenvalue weighted by molar-refractivity contribution is 8.10. The van der Waals surface area contributed by atoms with Gasteiger partial charge >= 0.3 is 9.33 Å². The second-order valence-corrected chi connectivity index (χ2v) is 8.57. The third kappa shape index (κ3) is 3.13. The van der Waals surface area contributed by atoms with Crippen molar-refractivity contribution in [3.63, 3.8) is 0 Å². The minimum absolute atomic E-state index is 0.00984. The Morgan fingerprint density at radius 2 is 1.77 bits per heavy atom. The van der Waals surface area contributed by atoms with Crippen LogP contribution >= 0.6 is 10.7 Å². The molecule has 1 spiro atoms. The molecule has 3 saturated heterocycles. The van der Waals surface area contributed by atoms with Crippen molar-refractivity contribution in [2.24, 2.45) is 0 Å². The van der Waals surface area contributed by atoms with E-state index in [9.17, 15) is 8.42 Å². The molecule has 3 rings (SSSR count). The van der Waals surface area contributed by atoms with Gasteiger partial charge in [-0.25, -0.2) is 4.18 Å². The molecule has 0 aromatic heterocycles. The zero-order chi connectivity index (χ0) is 16.4. The maximum absolute atomic E-state index is 11.4. The summed E-state index contributed by atoms with van der Waals surface area (Å²) in [5.41, 5.74) is 0. The van der Waals surface area contributed by atoms with E-state index >= 15 is 0 Å². The molecule has 3 fully saturated rings. The maximum atomic E-state index is 11.4. The normalized spacial score (nSPS) is 43.4. The SMILES string of the molecule is CC1(C)O[C@@H]2[C@@H](CO[C@]3(COC(C)(C)O3)[C@H]2OS(=O)(=O)Cl)O1. The van der Waals surface area contributed by atoms with Gasteiger partial charge in [0.1, 0.15) is 18.8 Å². The molecule has 0 unspecified atom stereocenters. The molecule has 22 heavy (non-hydrogen) atoms. The molecule has 0 aliphatic carbocycles. The van der Waals surface area contributed by atoms with Crippen molar-refractivity contribution in [3.05, 3.63) is 0 Å². The molecule has 0 aromatic rings. The van der Waals surface area contributed by atoms with Crippen molar-refractivity contribution >= 4 is 20.0 Å². The monoisotopic (exact) mass is 358 g/mol. The summed E-state index contributed by atoms with van der Waals surface area (Å²) < 4.78 is 56.4. The zero-order valence-corrected chi connectivity index (χ0v) is 14.3. The minimum atomic E-state index is -4.28. The van der Waals surface area contributed by atoms with Crippen molar-refractivity contribution in [1.82, 2.24) is 0 Å². The van der Waals surface area contributed by atoms with Crippen molar-refractivity contribution in [1.29, 1.82) is 0 Å². The Balaban J connectivity index is 1.94. The third-order valence-corrected chi connectivity index (χ3v) is 4.36. The van der Waals surface area contributed by atoms with Gasteiger partial charge in [0, 0.05) is 10.7 Å². The van der Waals surface area contributed by atoms with Gasteiger partial charge in [0.05, 0.1) is 6.61 Å². The molecule has 0 radical (unpaired) electrons. The van der Waals surface area contributed by atoms with Gasteiger partial charge in [0.25, 0.3) is 0 Å². The molecule has 3 aliphatic heterocycles. The number of hydrogen-bond acceptors (Lipinski definition) is 8. The fourth-order valence-electron chi connectivity index (χ4n) is 3.02. The van der Waals surface area contributed by atoms with E-state index in [4.69, 9.17) is 38.5 Å². The lowest BCUT2D eigenvalue weighted by Gasteiger charge is -2.42. The van der Waals surface area contributed by atoms with E-state index in [2.05, 4.69) is 0 Å². The fourth-order valence-corrected chi connectivity index (χ4v) is 3.76. The van der Waals surface area contributed by atoms with E-state index in [1.807, 2.05) is 0 Å². The molecule has 0 amide bonds. The van der Waals surface area contributed by atoms with Crippen molar-refractivity contribution < 1.29 is 36.3 Å². The topological polar surface area (TPSA) is 89.5 Å². The van der Waals surface area contributed by atoms with Gasteiger partial charge in [-0.3, -0.25) is 0 Å². The predicted octanol–water partition coefficient (Wildman–Crippen LogP) is 0.885. The molecule has 3 aliphatic rings. The van der Waals surface area contributed by atoms with E-state index in [1.54, 1.807) is 27.7 Å². The molecular formula is C12H19ClO8S. The highest BCUT2D eigenvalue weighted by Crippen LogP contribution is 2.45. The van der Waals surface area contributed by atoms with Gasteiger partial charge < -0.3 is 23.7 Å². The predicted molar refractivity (Wildman–Crippen MR) is 73.3 cm³/mol.